The molecule has 1 amide bonds. The molecule has 3 heterocycles. The number of hydrogen-bond donors (Lipinski definition) is 1. The fourth-order valence-electron chi connectivity index (χ4n) is 3.14. The van der Waals surface area contributed by atoms with Crippen LogP contribution in [-0.2, 0) is 11.2 Å². The van der Waals surface area contributed by atoms with Gasteiger partial charge in [-0.1, -0.05) is 6.07 Å². The van der Waals surface area contributed by atoms with Gasteiger partial charge in [-0.2, -0.15) is 0 Å². The van der Waals surface area contributed by atoms with Gasteiger partial charge in [0.25, 0.3) is 0 Å². The minimum atomic E-state index is -0.0452. The fraction of sp³-hybridized carbons (Fsp3) is 0.625. The van der Waals surface area contributed by atoms with Crippen molar-refractivity contribution in [3.63, 3.8) is 0 Å². The molecule has 2 atom stereocenters. The Kier molecular flexibility index (Phi) is 5.33. The Labute approximate surface area is 136 Å². The third-order valence-electron chi connectivity index (χ3n) is 4.54. The van der Waals surface area contributed by atoms with Crippen LogP contribution in [0.25, 0.3) is 0 Å². The van der Waals surface area contributed by atoms with Gasteiger partial charge in [0.2, 0.25) is 5.91 Å². The molecule has 1 aromatic heterocycles. The first kappa shape index (κ1) is 15.8. The maximum Gasteiger partial charge on any atom is 0.229 e. The van der Waals surface area contributed by atoms with Crippen LogP contribution in [0.4, 0.5) is 0 Å². The first-order valence-electron chi connectivity index (χ1n) is 7.98. The van der Waals surface area contributed by atoms with Crippen LogP contribution >= 0.6 is 11.8 Å². The molecule has 2 aliphatic rings. The van der Waals surface area contributed by atoms with Gasteiger partial charge in [-0.25, -0.2) is 0 Å². The minimum Gasteiger partial charge on any atom is -0.332 e. The predicted octanol–water partition coefficient (Wildman–Crippen LogP) is 0.806. The summed E-state index contributed by atoms with van der Waals surface area (Å²) >= 11 is 1.83. The van der Waals surface area contributed by atoms with Crippen molar-refractivity contribution in [3.05, 3.63) is 30.1 Å². The van der Waals surface area contributed by atoms with E-state index in [-0.39, 0.29) is 17.9 Å². The Morgan fingerprint density at radius 2 is 2.32 bits per heavy atom. The van der Waals surface area contributed by atoms with Gasteiger partial charge in [-0.15, -0.1) is 11.8 Å². The summed E-state index contributed by atoms with van der Waals surface area (Å²) in [5.74, 6) is 2.09. The third-order valence-corrected chi connectivity index (χ3v) is 5.51. The Balaban J connectivity index is 1.55. The molecule has 2 fully saturated rings. The molecule has 0 spiro atoms. The number of nitrogens with two attached hydrogens (primary N) is 1. The first-order chi connectivity index (χ1) is 10.7. The van der Waals surface area contributed by atoms with Gasteiger partial charge in [0.05, 0.1) is 11.8 Å². The highest BCUT2D eigenvalue weighted by molar-refractivity contribution is 7.99. The predicted molar refractivity (Wildman–Crippen MR) is 89.5 cm³/mol. The molecule has 5 nitrogen and oxygen atoms in total. The van der Waals surface area contributed by atoms with Crippen molar-refractivity contribution in [2.24, 2.45) is 11.7 Å². The number of likely N-dealkylation sites (tertiary alicyclic amines) is 1. The molecule has 2 aliphatic heterocycles. The highest BCUT2D eigenvalue weighted by atomic mass is 32.2. The maximum atomic E-state index is 12.6. The molecular formula is C16H24N4OS. The minimum absolute atomic E-state index is 0.00389. The lowest BCUT2D eigenvalue weighted by atomic mass is 9.91. The van der Waals surface area contributed by atoms with Gasteiger partial charge >= 0.3 is 0 Å². The van der Waals surface area contributed by atoms with Crippen LogP contribution < -0.4 is 5.73 Å². The molecule has 2 N–H and O–H groups in total. The van der Waals surface area contributed by atoms with Crippen LogP contribution in [0.3, 0.4) is 0 Å². The van der Waals surface area contributed by atoms with E-state index in [2.05, 4.69) is 16.0 Å². The fourth-order valence-corrected chi connectivity index (χ4v) is 4.10. The molecule has 2 saturated heterocycles. The third kappa shape index (κ3) is 3.80. The van der Waals surface area contributed by atoms with Gasteiger partial charge in [-0.3, -0.25) is 9.78 Å². The van der Waals surface area contributed by atoms with Gasteiger partial charge in [0.15, 0.2) is 0 Å². The van der Waals surface area contributed by atoms with Gasteiger partial charge in [0, 0.05) is 49.7 Å². The van der Waals surface area contributed by atoms with Crippen molar-refractivity contribution in [1.29, 1.82) is 0 Å². The Morgan fingerprint density at radius 3 is 3.05 bits per heavy atom. The molecule has 0 radical (unpaired) electrons. The van der Waals surface area contributed by atoms with Gasteiger partial charge < -0.3 is 15.5 Å². The van der Waals surface area contributed by atoms with E-state index in [1.54, 1.807) is 0 Å². The molecule has 3 rings (SSSR count). The summed E-state index contributed by atoms with van der Waals surface area (Å²) in [5.41, 5.74) is 7.33. The summed E-state index contributed by atoms with van der Waals surface area (Å²) < 4.78 is 0. The number of piperidine rings is 1. The molecule has 0 unspecified atom stereocenters. The molecule has 120 valence electrons. The van der Waals surface area contributed by atoms with Gasteiger partial charge in [0.1, 0.15) is 0 Å². The summed E-state index contributed by atoms with van der Waals surface area (Å²) in [6.07, 6.45) is 3.66. The molecule has 0 aliphatic carbocycles. The molecule has 0 bridgehead atoms. The Morgan fingerprint density at radius 1 is 1.41 bits per heavy atom. The second-order valence-electron chi connectivity index (χ2n) is 6.07. The summed E-state index contributed by atoms with van der Waals surface area (Å²) in [5, 5.41) is 0. The van der Waals surface area contributed by atoms with E-state index in [0.29, 0.717) is 0 Å². The average molecular weight is 320 g/mol. The van der Waals surface area contributed by atoms with E-state index >= 15 is 0 Å². The van der Waals surface area contributed by atoms with E-state index in [4.69, 9.17) is 5.73 Å². The van der Waals surface area contributed by atoms with Crippen LogP contribution in [0.5, 0.6) is 0 Å². The Hall–Kier alpha value is -1.11. The second kappa shape index (κ2) is 7.44. The number of carbonyl (C=O) groups is 1. The highest BCUT2D eigenvalue weighted by Gasteiger charge is 2.35. The lowest BCUT2D eigenvalue weighted by Gasteiger charge is -2.37. The summed E-state index contributed by atoms with van der Waals surface area (Å²) in [7, 11) is 0. The van der Waals surface area contributed by atoms with Crippen molar-refractivity contribution < 1.29 is 4.79 Å². The van der Waals surface area contributed by atoms with Crippen molar-refractivity contribution in [1.82, 2.24) is 14.8 Å². The van der Waals surface area contributed by atoms with Gasteiger partial charge in [-0.05, 0) is 25.1 Å². The summed E-state index contributed by atoms with van der Waals surface area (Å²) in [6, 6.07) is 6.02. The number of aromatic nitrogens is 1. The van der Waals surface area contributed by atoms with Crippen LogP contribution in [0.1, 0.15) is 12.1 Å². The molecule has 1 aromatic rings. The standard InChI is InChI=1S/C16H24N4OS/c17-15-5-8-19(7-4-13-3-1-2-6-18-13)11-14(15)16(21)20-9-10-22-12-20/h1-3,6,14-15H,4-5,7-12,17H2/t14-,15+/m0/s1. The SMILES string of the molecule is N[C@@H]1CCN(CCc2ccccn2)C[C@@H]1C(=O)N1CCSC1. The highest BCUT2D eigenvalue weighted by Crippen LogP contribution is 2.22. The monoisotopic (exact) mass is 320 g/mol. The van der Waals surface area contributed by atoms with E-state index in [1.807, 2.05) is 35.0 Å². The van der Waals surface area contributed by atoms with Crippen molar-refractivity contribution in [2.45, 2.75) is 18.9 Å². The lowest BCUT2D eigenvalue weighted by Crippen LogP contribution is -2.53. The van der Waals surface area contributed by atoms with Crippen LogP contribution in [0.2, 0.25) is 0 Å². The zero-order chi connectivity index (χ0) is 15.4. The van der Waals surface area contributed by atoms with E-state index in [0.717, 1.165) is 56.3 Å². The smallest absolute Gasteiger partial charge is 0.229 e. The largest absolute Gasteiger partial charge is 0.332 e. The number of thioether (sulfide) groups is 1. The molecule has 0 saturated carbocycles. The van der Waals surface area contributed by atoms with Crippen molar-refractivity contribution >= 4 is 17.7 Å². The normalized spacial score (nSPS) is 26.3. The molecule has 0 aromatic carbocycles. The zero-order valence-corrected chi connectivity index (χ0v) is 13.7. The number of nitrogens with zero attached hydrogens (tertiary/aromatic N) is 3. The number of carbonyl (C=O) groups excluding carboxylic acids is 1. The van der Waals surface area contributed by atoms with Crippen LogP contribution in [-0.4, -0.2) is 64.5 Å². The molecule has 6 heteroatoms. The molecule has 22 heavy (non-hydrogen) atoms. The van der Waals surface area contributed by atoms with Crippen molar-refractivity contribution in [2.75, 3.05) is 37.8 Å². The lowest BCUT2D eigenvalue weighted by molar-refractivity contribution is -0.136. The van der Waals surface area contributed by atoms with Crippen molar-refractivity contribution in [3.8, 4) is 0 Å². The zero-order valence-electron chi connectivity index (χ0n) is 12.9. The average Bonchev–Trinajstić information content (AvgIpc) is 3.09. The summed E-state index contributed by atoms with van der Waals surface area (Å²) in [4.78, 5) is 21.3. The second-order valence-corrected chi connectivity index (χ2v) is 7.14. The number of rotatable bonds is 4. The number of pyridine rings is 1. The summed E-state index contributed by atoms with van der Waals surface area (Å²) in [6.45, 7) is 3.59. The number of hydrogen-bond acceptors (Lipinski definition) is 5. The quantitative estimate of drug-likeness (QED) is 0.889. The van der Waals surface area contributed by atoms with Crippen LogP contribution in [0.15, 0.2) is 24.4 Å². The number of amides is 1. The molecular weight excluding hydrogens is 296 g/mol. The maximum absolute atomic E-state index is 12.6. The van der Waals surface area contributed by atoms with E-state index in [9.17, 15) is 4.79 Å². The topological polar surface area (TPSA) is 62.5 Å². The van der Waals surface area contributed by atoms with E-state index in [1.165, 1.54) is 0 Å². The van der Waals surface area contributed by atoms with Crippen LogP contribution in [0, 0.1) is 5.92 Å². The van der Waals surface area contributed by atoms with E-state index < -0.39 is 0 Å². The first-order valence-corrected chi connectivity index (χ1v) is 9.14. The Bertz CT molecular complexity index is 492.